The third-order valence-corrected chi connectivity index (χ3v) is 2.75. The zero-order valence-electron chi connectivity index (χ0n) is 10.5. The number of aromatic nitrogens is 1. The van der Waals surface area contributed by atoms with Gasteiger partial charge in [0, 0.05) is 37.3 Å². The number of pyridine rings is 1. The lowest BCUT2D eigenvalue weighted by Gasteiger charge is -2.17. The van der Waals surface area contributed by atoms with Crippen molar-refractivity contribution in [2.24, 2.45) is 0 Å². The minimum atomic E-state index is -0.804. The summed E-state index contributed by atoms with van der Waals surface area (Å²) in [6.07, 6.45) is 2.98. The number of nitro groups is 1. The number of carbonyl (C=O) groups excluding carboxylic acids is 1. The minimum Gasteiger partial charge on any atom is -0.311 e. The number of non-ortho nitro benzene ring substituents is 1. The fourth-order valence-corrected chi connectivity index (χ4v) is 1.66. The number of rotatable bonds is 3. The Bertz CT molecular complexity index is 661. The van der Waals surface area contributed by atoms with Gasteiger partial charge in [-0.05, 0) is 18.2 Å². The standard InChI is InChI=1S/C13H10FN3O3/c1-16(9-4-6-15-7-5-9)13(18)11-8-10(17(19)20)2-3-12(11)14/h2-8H,1H3. The van der Waals surface area contributed by atoms with Gasteiger partial charge in [-0.1, -0.05) is 0 Å². The van der Waals surface area contributed by atoms with Crippen LogP contribution in [0.2, 0.25) is 0 Å². The van der Waals surface area contributed by atoms with Crippen LogP contribution in [0.25, 0.3) is 0 Å². The van der Waals surface area contributed by atoms with E-state index in [-0.39, 0.29) is 11.3 Å². The highest BCUT2D eigenvalue weighted by molar-refractivity contribution is 6.06. The highest BCUT2D eigenvalue weighted by atomic mass is 19.1. The van der Waals surface area contributed by atoms with Gasteiger partial charge in [0.15, 0.2) is 0 Å². The molecule has 0 bridgehead atoms. The maximum absolute atomic E-state index is 13.7. The van der Waals surface area contributed by atoms with Crippen molar-refractivity contribution in [1.29, 1.82) is 0 Å². The fourth-order valence-electron chi connectivity index (χ4n) is 1.66. The largest absolute Gasteiger partial charge is 0.311 e. The highest BCUT2D eigenvalue weighted by Crippen LogP contribution is 2.20. The predicted molar refractivity (Wildman–Crippen MR) is 70.0 cm³/mol. The lowest BCUT2D eigenvalue weighted by molar-refractivity contribution is -0.384. The first-order valence-corrected chi connectivity index (χ1v) is 5.62. The van der Waals surface area contributed by atoms with Gasteiger partial charge < -0.3 is 4.90 Å². The summed E-state index contributed by atoms with van der Waals surface area (Å²) < 4.78 is 13.7. The van der Waals surface area contributed by atoms with Gasteiger partial charge in [-0.15, -0.1) is 0 Å². The van der Waals surface area contributed by atoms with Crippen LogP contribution in [0.3, 0.4) is 0 Å². The molecule has 7 heteroatoms. The van der Waals surface area contributed by atoms with Crippen LogP contribution in [0.5, 0.6) is 0 Å². The Morgan fingerprint density at radius 1 is 1.30 bits per heavy atom. The van der Waals surface area contributed by atoms with E-state index in [0.29, 0.717) is 5.69 Å². The lowest BCUT2D eigenvalue weighted by Crippen LogP contribution is -2.27. The first-order chi connectivity index (χ1) is 9.50. The summed E-state index contributed by atoms with van der Waals surface area (Å²) in [5, 5.41) is 10.7. The molecule has 6 nitrogen and oxygen atoms in total. The zero-order chi connectivity index (χ0) is 14.7. The highest BCUT2D eigenvalue weighted by Gasteiger charge is 2.20. The summed E-state index contributed by atoms with van der Waals surface area (Å²) in [7, 11) is 1.45. The second kappa shape index (κ2) is 5.43. The number of halogens is 1. The summed E-state index contributed by atoms with van der Waals surface area (Å²) >= 11 is 0. The number of nitrogens with zero attached hydrogens (tertiary/aromatic N) is 3. The normalized spacial score (nSPS) is 10.1. The van der Waals surface area contributed by atoms with E-state index in [1.165, 1.54) is 24.3 Å². The molecular weight excluding hydrogens is 265 g/mol. The molecule has 102 valence electrons. The van der Waals surface area contributed by atoms with Gasteiger partial charge in [0.1, 0.15) is 5.82 Å². The summed E-state index contributed by atoms with van der Waals surface area (Å²) in [6, 6.07) is 6.00. The smallest absolute Gasteiger partial charge is 0.270 e. The molecule has 0 radical (unpaired) electrons. The van der Waals surface area contributed by atoms with Crippen LogP contribution in [0.4, 0.5) is 15.8 Å². The van der Waals surface area contributed by atoms with Crippen LogP contribution in [0, 0.1) is 15.9 Å². The lowest BCUT2D eigenvalue weighted by atomic mass is 10.1. The number of carbonyl (C=O) groups is 1. The van der Waals surface area contributed by atoms with E-state index in [2.05, 4.69) is 4.98 Å². The quantitative estimate of drug-likeness (QED) is 0.636. The monoisotopic (exact) mass is 275 g/mol. The van der Waals surface area contributed by atoms with Crippen LogP contribution in [-0.4, -0.2) is 22.9 Å². The number of amides is 1. The summed E-state index contributed by atoms with van der Waals surface area (Å²) in [5.74, 6) is -1.47. The second-order valence-corrected chi connectivity index (χ2v) is 3.99. The van der Waals surface area contributed by atoms with Gasteiger partial charge in [-0.2, -0.15) is 0 Å². The molecule has 0 saturated carbocycles. The van der Waals surface area contributed by atoms with E-state index >= 15 is 0 Å². The molecule has 0 unspecified atom stereocenters. The molecule has 0 aliphatic rings. The minimum absolute atomic E-state index is 0.335. The molecule has 0 N–H and O–H groups in total. The predicted octanol–water partition coefficient (Wildman–Crippen LogP) is 2.41. The Hall–Kier alpha value is -2.83. The Morgan fingerprint density at radius 2 is 1.95 bits per heavy atom. The van der Waals surface area contributed by atoms with E-state index < -0.39 is 16.6 Å². The molecule has 2 aromatic rings. The molecule has 20 heavy (non-hydrogen) atoms. The van der Waals surface area contributed by atoms with Crippen molar-refractivity contribution in [1.82, 2.24) is 4.98 Å². The molecule has 1 aromatic heterocycles. The molecule has 0 fully saturated rings. The average Bonchev–Trinajstić information content (AvgIpc) is 2.47. The molecule has 1 aromatic carbocycles. The number of hydrogen-bond acceptors (Lipinski definition) is 4. The second-order valence-electron chi connectivity index (χ2n) is 3.99. The van der Waals surface area contributed by atoms with Gasteiger partial charge >= 0.3 is 0 Å². The molecule has 1 amide bonds. The van der Waals surface area contributed by atoms with Gasteiger partial charge in [0.05, 0.1) is 10.5 Å². The van der Waals surface area contributed by atoms with E-state index in [9.17, 15) is 19.3 Å². The molecule has 0 saturated heterocycles. The number of hydrogen-bond donors (Lipinski definition) is 0. The third-order valence-electron chi connectivity index (χ3n) is 2.75. The Balaban J connectivity index is 2.38. The molecule has 0 aliphatic carbocycles. The van der Waals surface area contributed by atoms with E-state index in [1.807, 2.05) is 0 Å². The van der Waals surface area contributed by atoms with E-state index in [1.54, 1.807) is 12.1 Å². The SMILES string of the molecule is CN(C(=O)c1cc([N+](=O)[O-])ccc1F)c1ccncc1. The zero-order valence-corrected chi connectivity index (χ0v) is 10.5. The Kier molecular flexibility index (Phi) is 3.69. The van der Waals surface area contributed by atoms with Crippen molar-refractivity contribution in [3.8, 4) is 0 Å². The molecule has 0 spiro atoms. The van der Waals surface area contributed by atoms with Gasteiger partial charge in [0.2, 0.25) is 0 Å². The summed E-state index contributed by atoms with van der Waals surface area (Å²) in [4.78, 5) is 27.2. The van der Waals surface area contributed by atoms with Crippen LogP contribution >= 0.6 is 0 Å². The maximum Gasteiger partial charge on any atom is 0.270 e. The van der Waals surface area contributed by atoms with Crippen LogP contribution < -0.4 is 4.90 Å². The van der Waals surface area contributed by atoms with Crippen molar-refractivity contribution in [2.75, 3.05) is 11.9 Å². The molecule has 1 heterocycles. The van der Waals surface area contributed by atoms with Crippen LogP contribution in [-0.2, 0) is 0 Å². The summed E-state index contributed by atoms with van der Waals surface area (Å²) in [6.45, 7) is 0. The van der Waals surface area contributed by atoms with Crippen molar-refractivity contribution in [3.63, 3.8) is 0 Å². The van der Waals surface area contributed by atoms with Crippen molar-refractivity contribution >= 4 is 17.3 Å². The number of nitro benzene ring substituents is 1. The van der Waals surface area contributed by atoms with Crippen molar-refractivity contribution in [3.05, 3.63) is 64.2 Å². The van der Waals surface area contributed by atoms with Crippen LogP contribution in [0.1, 0.15) is 10.4 Å². The maximum atomic E-state index is 13.7. The first-order valence-electron chi connectivity index (χ1n) is 5.62. The van der Waals surface area contributed by atoms with Gasteiger partial charge in [-0.25, -0.2) is 4.39 Å². The fraction of sp³-hybridized carbons (Fsp3) is 0.0769. The topological polar surface area (TPSA) is 76.3 Å². The van der Waals surface area contributed by atoms with E-state index in [4.69, 9.17) is 0 Å². The van der Waals surface area contributed by atoms with Crippen LogP contribution in [0.15, 0.2) is 42.7 Å². The molecule has 2 rings (SSSR count). The van der Waals surface area contributed by atoms with Gasteiger partial charge in [-0.3, -0.25) is 19.9 Å². The Labute approximate surface area is 113 Å². The van der Waals surface area contributed by atoms with Gasteiger partial charge in [0.25, 0.3) is 11.6 Å². The molecular formula is C13H10FN3O3. The third kappa shape index (κ3) is 2.61. The average molecular weight is 275 g/mol. The van der Waals surface area contributed by atoms with Crippen molar-refractivity contribution in [2.45, 2.75) is 0 Å². The number of anilines is 1. The Morgan fingerprint density at radius 3 is 2.55 bits per heavy atom. The van der Waals surface area contributed by atoms with Crippen molar-refractivity contribution < 1.29 is 14.1 Å². The number of benzene rings is 1. The molecule has 0 atom stereocenters. The first kappa shape index (κ1) is 13.6. The van der Waals surface area contributed by atoms with E-state index in [0.717, 1.165) is 18.2 Å². The summed E-state index contributed by atoms with van der Waals surface area (Å²) in [5.41, 5.74) is -0.174. The molecule has 0 aliphatic heterocycles.